The summed E-state index contributed by atoms with van der Waals surface area (Å²) in [6.07, 6.45) is 4.79. The molecule has 0 aliphatic carbocycles. The molecule has 3 nitrogen and oxygen atoms in total. The molecule has 0 saturated carbocycles. The quantitative estimate of drug-likeness (QED) is 0.925. The van der Waals surface area contributed by atoms with Crippen LogP contribution in [0.4, 0.5) is 0 Å². The molecule has 1 saturated heterocycles. The van der Waals surface area contributed by atoms with Crippen molar-refractivity contribution >= 4 is 0 Å². The lowest BCUT2D eigenvalue weighted by Gasteiger charge is -2.32. The fraction of sp³-hybridized carbons (Fsp3) is 0.667. The summed E-state index contributed by atoms with van der Waals surface area (Å²) >= 11 is 0. The van der Waals surface area contributed by atoms with Crippen molar-refractivity contribution in [1.29, 1.82) is 0 Å². The molecule has 2 aliphatic rings. The van der Waals surface area contributed by atoms with Crippen LogP contribution in [0, 0.1) is 5.92 Å². The molecule has 1 fully saturated rings. The van der Waals surface area contributed by atoms with Crippen LogP contribution in [0.1, 0.15) is 44.2 Å². The van der Waals surface area contributed by atoms with Gasteiger partial charge in [0.15, 0.2) is 0 Å². The number of nitrogens with two attached hydrogens (primary N) is 1. The minimum absolute atomic E-state index is 0.0491. The first-order valence-electron chi connectivity index (χ1n) is 8.29. The van der Waals surface area contributed by atoms with Gasteiger partial charge in [-0.15, -0.1) is 0 Å². The summed E-state index contributed by atoms with van der Waals surface area (Å²) in [5.74, 6) is 1.98. The molecule has 0 radical (unpaired) electrons. The molecule has 21 heavy (non-hydrogen) atoms. The minimum Gasteiger partial charge on any atom is -0.487 e. The highest BCUT2D eigenvalue weighted by molar-refractivity contribution is 5.45. The lowest BCUT2D eigenvalue weighted by atomic mass is 9.93. The maximum atomic E-state index is 6.18. The lowest BCUT2D eigenvalue weighted by molar-refractivity contribution is 0.132. The summed E-state index contributed by atoms with van der Waals surface area (Å²) in [6.45, 7) is 8.59. The van der Waals surface area contributed by atoms with Crippen LogP contribution >= 0.6 is 0 Å². The van der Waals surface area contributed by atoms with E-state index in [9.17, 15) is 0 Å². The molecule has 3 heteroatoms. The number of likely N-dealkylation sites (tertiary alicyclic amines) is 1. The highest BCUT2D eigenvalue weighted by atomic mass is 16.5. The Kier molecular flexibility index (Phi) is 4.23. The van der Waals surface area contributed by atoms with Crippen LogP contribution in [0.15, 0.2) is 18.2 Å². The summed E-state index contributed by atoms with van der Waals surface area (Å²) in [7, 11) is 0. The Labute approximate surface area is 128 Å². The molecule has 2 heterocycles. The lowest BCUT2D eigenvalue weighted by Crippen LogP contribution is -2.34. The number of benzene rings is 1. The van der Waals surface area contributed by atoms with E-state index < -0.39 is 0 Å². The smallest absolute Gasteiger partial charge is 0.127 e. The second kappa shape index (κ2) is 5.98. The molecule has 116 valence electrons. The standard InChI is InChI=1S/C18H28N2O/c1-18(2)12-15-4-3-5-16(17(15)21-18)13-20-10-7-14(6-9-19)8-11-20/h3-5,14H,6-13,19H2,1-2H3. The number of piperidine rings is 1. The van der Waals surface area contributed by atoms with Crippen molar-refractivity contribution in [3.05, 3.63) is 29.3 Å². The minimum atomic E-state index is -0.0491. The normalized spacial score (nSPS) is 22.0. The third-order valence-electron chi connectivity index (χ3n) is 4.85. The predicted molar refractivity (Wildman–Crippen MR) is 86.5 cm³/mol. The highest BCUT2D eigenvalue weighted by Crippen LogP contribution is 2.38. The van der Waals surface area contributed by atoms with Gasteiger partial charge < -0.3 is 10.5 Å². The number of ether oxygens (including phenoxy) is 1. The van der Waals surface area contributed by atoms with Gasteiger partial charge in [0.25, 0.3) is 0 Å². The van der Waals surface area contributed by atoms with E-state index >= 15 is 0 Å². The molecule has 1 aromatic rings. The maximum absolute atomic E-state index is 6.18. The van der Waals surface area contributed by atoms with E-state index in [0.717, 1.165) is 31.2 Å². The molecule has 0 spiro atoms. The first-order valence-corrected chi connectivity index (χ1v) is 8.29. The Hall–Kier alpha value is -1.06. The van der Waals surface area contributed by atoms with Crippen molar-refractivity contribution in [2.45, 2.75) is 51.7 Å². The van der Waals surface area contributed by atoms with Crippen molar-refractivity contribution in [2.24, 2.45) is 11.7 Å². The molecule has 2 aliphatic heterocycles. The van der Waals surface area contributed by atoms with Crippen molar-refractivity contribution in [1.82, 2.24) is 4.90 Å². The van der Waals surface area contributed by atoms with Crippen LogP contribution in [-0.2, 0) is 13.0 Å². The van der Waals surface area contributed by atoms with E-state index in [-0.39, 0.29) is 5.60 Å². The van der Waals surface area contributed by atoms with E-state index in [1.807, 2.05) is 0 Å². The average molecular weight is 288 g/mol. The topological polar surface area (TPSA) is 38.5 Å². The molecule has 2 N–H and O–H groups in total. The Morgan fingerprint density at radius 3 is 2.76 bits per heavy atom. The fourth-order valence-corrected chi connectivity index (χ4v) is 3.71. The second-order valence-electron chi connectivity index (χ2n) is 7.24. The first-order chi connectivity index (χ1) is 10.1. The van der Waals surface area contributed by atoms with Gasteiger partial charge in [0.1, 0.15) is 11.4 Å². The van der Waals surface area contributed by atoms with Gasteiger partial charge in [0.2, 0.25) is 0 Å². The number of fused-ring (bicyclic) bond motifs is 1. The number of para-hydroxylation sites is 1. The summed E-state index contributed by atoms with van der Waals surface area (Å²) in [4.78, 5) is 2.57. The van der Waals surface area contributed by atoms with Crippen molar-refractivity contribution in [2.75, 3.05) is 19.6 Å². The first kappa shape index (κ1) is 14.9. The van der Waals surface area contributed by atoms with Crippen LogP contribution in [0.25, 0.3) is 0 Å². The van der Waals surface area contributed by atoms with Gasteiger partial charge in [-0.1, -0.05) is 18.2 Å². The van der Waals surface area contributed by atoms with Gasteiger partial charge in [-0.3, -0.25) is 4.90 Å². The molecule has 0 bridgehead atoms. The van der Waals surface area contributed by atoms with E-state index in [4.69, 9.17) is 10.5 Å². The van der Waals surface area contributed by atoms with Crippen LogP contribution in [0.5, 0.6) is 5.75 Å². The molecule has 3 rings (SSSR count). The molecule has 1 aromatic carbocycles. The van der Waals surface area contributed by atoms with Gasteiger partial charge in [0, 0.05) is 18.5 Å². The van der Waals surface area contributed by atoms with Crippen LogP contribution < -0.4 is 10.5 Å². The second-order valence-corrected chi connectivity index (χ2v) is 7.24. The Morgan fingerprint density at radius 2 is 2.05 bits per heavy atom. The molecule has 0 atom stereocenters. The van der Waals surface area contributed by atoms with Crippen molar-refractivity contribution < 1.29 is 4.74 Å². The van der Waals surface area contributed by atoms with Gasteiger partial charge >= 0.3 is 0 Å². The van der Waals surface area contributed by atoms with Gasteiger partial charge in [0.05, 0.1) is 0 Å². The van der Waals surface area contributed by atoms with Gasteiger partial charge in [-0.2, -0.15) is 0 Å². The molecular formula is C18H28N2O. The van der Waals surface area contributed by atoms with Gasteiger partial charge in [-0.25, -0.2) is 0 Å². The number of rotatable bonds is 4. The van der Waals surface area contributed by atoms with Crippen molar-refractivity contribution in [3.8, 4) is 5.75 Å². The Balaban J connectivity index is 1.64. The van der Waals surface area contributed by atoms with Crippen LogP contribution in [0.3, 0.4) is 0 Å². The summed E-state index contributed by atoms with van der Waals surface area (Å²) in [6, 6.07) is 6.62. The predicted octanol–water partition coefficient (Wildman–Crippen LogP) is 2.96. The zero-order valence-corrected chi connectivity index (χ0v) is 13.4. The average Bonchev–Trinajstić information content (AvgIpc) is 2.76. The molecular weight excluding hydrogens is 260 g/mol. The van der Waals surface area contributed by atoms with Crippen LogP contribution in [-0.4, -0.2) is 30.1 Å². The SMILES string of the molecule is CC1(C)Cc2cccc(CN3CCC(CCN)CC3)c2O1. The summed E-state index contributed by atoms with van der Waals surface area (Å²) in [5, 5.41) is 0. The van der Waals surface area contributed by atoms with E-state index in [1.165, 1.54) is 43.5 Å². The summed E-state index contributed by atoms with van der Waals surface area (Å²) < 4.78 is 6.18. The number of hydrogen-bond donors (Lipinski definition) is 1. The monoisotopic (exact) mass is 288 g/mol. The number of hydrogen-bond acceptors (Lipinski definition) is 3. The zero-order chi connectivity index (χ0) is 14.9. The van der Waals surface area contributed by atoms with Gasteiger partial charge in [-0.05, 0) is 64.2 Å². The van der Waals surface area contributed by atoms with Crippen molar-refractivity contribution in [3.63, 3.8) is 0 Å². The Morgan fingerprint density at radius 1 is 1.29 bits per heavy atom. The fourth-order valence-electron chi connectivity index (χ4n) is 3.71. The van der Waals surface area contributed by atoms with E-state index in [1.54, 1.807) is 0 Å². The maximum Gasteiger partial charge on any atom is 0.127 e. The molecule has 0 amide bonds. The largest absolute Gasteiger partial charge is 0.487 e. The highest BCUT2D eigenvalue weighted by Gasteiger charge is 2.32. The van der Waals surface area contributed by atoms with E-state index in [0.29, 0.717) is 0 Å². The third kappa shape index (κ3) is 3.41. The Bertz CT molecular complexity index is 490. The molecule has 0 aromatic heterocycles. The van der Waals surface area contributed by atoms with Crippen LogP contribution in [0.2, 0.25) is 0 Å². The third-order valence-corrected chi connectivity index (χ3v) is 4.85. The summed E-state index contributed by atoms with van der Waals surface area (Å²) in [5.41, 5.74) is 8.35. The number of nitrogens with zero attached hydrogens (tertiary/aromatic N) is 1. The van der Waals surface area contributed by atoms with E-state index in [2.05, 4.69) is 36.9 Å². The molecule has 0 unspecified atom stereocenters. The zero-order valence-electron chi connectivity index (χ0n) is 13.4.